The summed E-state index contributed by atoms with van der Waals surface area (Å²) in [6.45, 7) is 3.79. The van der Waals surface area contributed by atoms with Crippen LogP contribution in [-0.4, -0.2) is 16.1 Å². The van der Waals surface area contributed by atoms with E-state index in [1.807, 2.05) is 24.3 Å². The molecule has 0 radical (unpaired) electrons. The van der Waals surface area contributed by atoms with Gasteiger partial charge in [-0.1, -0.05) is 54.6 Å². The lowest BCUT2D eigenvalue weighted by atomic mass is 10.0. The van der Waals surface area contributed by atoms with Crippen molar-refractivity contribution in [1.82, 2.24) is 9.78 Å². The predicted octanol–water partition coefficient (Wildman–Crippen LogP) is 5.16. The molecule has 0 atom stereocenters. The van der Waals surface area contributed by atoms with Crippen molar-refractivity contribution in [2.75, 3.05) is 0 Å². The molecule has 28 heavy (non-hydrogen) atoms. The van der Waals surface area contributed by atoms with E-state index in [2.05, 4.69) is 11.7 Å². The van der Waals surface area contributed by atoms with Gasteiger partial charge in [-0.2, -0.15) is 9.78 Å². The van der Waals surface area contributed by atoms with E-state index in [1.165, 1.54) is 4.68 Å². The molecule has 0 spiro atoms. The highest BCUT2D eigenvalue weighted by molar-refractivity contribution is 6.32. The van der Waals surface area contributed by atoms with E-state index in [4.69, 9.17) is 11.6 Å². The van der Waals surface area contributed by atoms with E-state index < -0.39 is 0 Å². The molecule has 3 aromatic carbocycles. The Hall–Kier alpha value is -3.50. The second kappa shape index (κ2) is 7.25. The van der Waals surface area contributed by atoms with Gasteiger partial charge >= 0.3 is 0 Å². The predicted molar refractivity (Wildman–Crippen MR) is 113 cm³/mol. The van der Waals surface area contributed by atoms with Crippen LogP contribution in [0.5, 0.6) is 0 Å². The smallest absolute Gasteiger partial charge is 0.279 e. The number of rotatable bonds is 4. The average Bonchev–Trinajstić information content (AvgIpc) is 2.74. The van der Waals surface area contributed by atoms with Gasteiger partial charge in [0.15, 0.2) is 0 Å². The molecule has 0 aliphatic carbocycles. The molecule has 0 aliphatic heterocycles. The third-order valence-corrected chi connectivity index (χ3v) is 4.83. The third-order valence-electron chi connectivity index (χ3n) is 4.51. The molecule has 4 nitrogen and oxygen atoms in total. The van der Waals surface area contributed by atoms with E-state index >= 15 is 0 Å². The molecule has 0 saturated carbocycles. The number of carbonyl (C=O) groups excluding carboxylic acids is 1. The molecule has 1 heterocycles. The molecule has 4 rings (SSSR count). The lowest BCUT2D eigenvalue weighted by molar-refractivity contribution is 0.112. The Morgan fingerprint density at radius 2 is 1.61 bits per heavy atom. The lowest BCUT2D eigenvalue weighted by Gasteiger charge is -2.13. The van der Waals surface area contributed by atoms with Crippen molar-refractivity contribution in [2.45, 2.75) is 0 Å². The standard InChI is InChI=1S/C23H15ClN2O2/c1-2-15-11-16(14-27)13-17(12-15)22-18-7-3-4-8-19(18)23(28)26(25-22)21-10-6-5-9-20(21)24/h2-14H,1H2. The summed E-state index contributed by atoms with van der Waals surface area (Å²) in [7, 11) is 0. The van der Waals surface area contributed by atoms with E-state index in [-0.39, 0.29) is 5.56 Å². The number of hydrogen-bond donors (Lipinski definition) is 0. The third kappa shape index (κ3) is 3.04. The zero-order chi connectivity index (χ0) is 19.7. The fourth-order valence-corrected chi connectivity index (χ4v) is 3.40. The van der Waals surface area contributed by atoms with Gasteiger partial charge in [-0.3, -0.25) is 9.59 Å². The van der Waals surface area contributed by atoms with Gasteiger partial charge in [0.05, 0.1) is 21.8 Å². The zero-order valence-corrected chi connectivity index (χ0v) is 15.6. The maximum atomic E-state index is 13.1. The Morgan fingerprint density at radius 3 is 2.32 bits per heavy atom. The molecule has 0 unspecified atom stereocenters. The van der Waals surface area contributed by atoms with Crippen molar-refractivity contribution in [3.8, 4) is 16.9 Å². The molecule has 136 valence electrons. The van der Waals surface area contributed by atoms with Crippen LogP contribution >= 0.6 is 11.6 Å². The molecular weight excluding hydrogens is 372 g/mol. The molecule has 1 aromatic heterocycles. The quantitative estimate of drug-likeness (QED) is 0.455. The summed E-state index contributed by atoms with van der Waals surface area (Å²) in [6.07, 6.45) is 2.45. The van der Waals surface area contributed by atoms with Crippen LogP contribution in [0.15, 0.2) is 78.1 Å². The maximum Gasteiger partial charge on any atom is 0.279 e. The number of fused-ring (bicyclic) bond motifs is 1. The van der Waals surface area contributed by atoms with Crippen LogP contribution in [0, 0.1) is 0 Å². The summed E-state index contributed by atoms with van der Waals surface area (Å²) >= 11 is 6.32. The molecule has 0 saturated heterocycles. The minimum atomic E-state index is -0.261. The van der Waals surface area contributed by atoms with Gasteiger partial charge in [0, 0.05) is 16.5 Å². The first-order chi connectivity index (χ1) is 13.6. The Bertz CT molecular complexity index is 1270. The zero-order valence-electron chi connectivity index (χ0n) is 14.8. The van der Waals surface area contributed by atoms with Crippen molar-refractivity contribution >= 4 is 34.7 Å². The minimum absolute atomic E-state index is 0.261. The summed E-state index contributed by atoms with van der Waals surface area (Å²) in [5, 5.41) is 6.27. The molecule has 0 fully saturated rings. The highest BCUT2D eigenvalue weighted by Gasteiger charge is 2.15. The fourth-order valence-electron chi connectivity index (χ4n) is 3.19. The topological polar surface area (TPSA) is 52.0 Å². The van der Waals surface area contributed by atoms with Crippen molar-refractivity contribution in [3.05, 3.63) is 99.8 Å². The van der Waals surface area contributed by atoms with Gasteiger partial charge in [0.25, 0.3) is 5.56 Å². The molecular formula is C23H15ClN2O2. The van der Waals surface area contributed by atoms with Crippen molar-refractivity contribution in [2.24, 2.45) is 0 Å². The van der Waals surface area contributed by atoms with Gasteiger partial charge in [0.2, 0.25) is 0 Å². The molecule has 0 N–H and O–H groups in total. The van der Waals surface area contributed by atoms with E-state index in [1.54, 1.807) is 48.5 Å². The van der Waals surface area contributed by atoms with Gasteiger partial charge < -0.3 is 0 Å². The van der Waals surface area contributed by atoms with Crippen LogP contribution in [0.25, 0.3) is 33.8 Å². The summed E-state index contributed by atoms with van der Waals surface area (Å²) in [6, 6.07) is 19.7. The number of carbonyl (C=O) groups is 1. The Balaban J connectivity index is 2.11. The normalized spacial score (nSPS) is 10.8. The van der Waals surface area contributed by atoms with Crippen LogP contribution in [0.2, 0.25) is 5.02 Å². The first-order valence-electron chi connectivity index (χ1n) is 8.62. The number of benzene rings is 3. The monoisotopic (exact) mass is 386 g/mol. The SMILES string of the molecule is C=Cc1cc(C=O)cc(-c2nn(-c3ccccc3Cl)c(=O)c3ccccc23)c1. The highest BCUT2D eigenvalue weighted by Crippen LogP contribution is 2.28. The number of aromatic nitrogens is 2. The van der Waals surface area contributed by atoms with Crippen LogP contribution in [0.1, 0.15) is 15.9 Å². The number of para-hydroxylation sites is 1. The second-order valence-corrected chi connectivity index (χ2v) is 6.68. The van der Waals surface area contributed by atoms with Crippen LogP contribution in [0.3, 0.4) is 0 Å². The minimum Gasteiger partial charge on any atom is -0.298 e. The van der Waals surface area contributed by atoms with Gasteiger partial charge in [-0.15, -0.1) is 0 Å². The largest absolute Gasteiger partial charge is 0.298 e. The fraction of sp³-hybridized carbons (Fsp3) is 0. The first kappa shape index (κ1) is 17.9. The Labute approximate surface area is 166 Å². The molecule has 0 aliphatic rings. The number of aldehydes is 1. The number of nitrogens with zero attached hydrogens (tertiary/aromatic N) is 2. The van der Waals surface area contributed by atoms with E-state index in [9.17, 15) is 9.59 Å². The Morgan fingerprint density at radius 1 is 0.929 bits per heavy atom. The summed E-state index contributed by atoms with van der Waals surface area (Å²) in [5.74, 6) is 0. The van der Waals surface area contributed by atoms with Gasteiger partial charge in [-0.25, -0.2) is 0 Å². The van der Waals surface area contributed by atoms with E-state index in [0.29, 0.717) is 32.7 Å². The molecule has 0 bridgehead atoms. The molecule has 4 aromatic rings. The maximum absolute atomic E-state index is 13.1. The number of hydrogen-bond acceptors (Lipinski definition) is 3. The summed E-state index contributed by atoms with van der Waals surface area (Å²) in [5.41, 5.74) is 2.84. The van der Waals surface area contributed by atoms with Crippen molar-refractivity contribution < 1.29 is 4.79 Å². The van der Waals surface area contributed by atoms with Crippen molar-refractivity contribution in [1.29, 1.82) is 0 Å². The molecule has 0 amide bonds. The summed E-state index contributed by atoms with van der Waals surface area (Å²) < 4.78 is 1.31. The molecule has 5 heteroatoms. The van der Waals surface area contributed by atoms with Crippen LogP contribution in [-0.2, 0) is 0 Å². The van der Waals surface area contributed by atoms with Gasteiger partial charge in [-0.05, 0) is 42.0 Å². The Kier molecular flexibility index (Phi) is 4.63. The first-order valence-corrected chi connectivity index (χ1v) is 9.00. The van der Waals surface area contributed by atoms with Crippen LogP contribution in [0.4, 0.5) is 0 Å². The second-order valence-electron chi connectivity index (χ2n) is 6.27. The van der Waals surface area contributed by atoms with Crippen LogP contribution < -0.4 is 5.56 Å². The van der Waals surface area contributed by atoms with Gasteiger partial charge in [0.1, 0.15) is 6.29 Å². The number of halogens is 1. The summed E-state index contributed by atoms with van der Waals surface area (Å²) in [4.78, 5) is 24.5. The lowest BCUT2D eigenvalue weighted by Crippen LogP contribution is -2.22. The van der Waals surface area contributed by atoms with Crippen molar-refractivity contribution in [3.63, 3.8) is 0 Å². The van der Waals surface area contributed by atoms with E-state index in [0.717, 1.165) is 17.4 Å². The average molecular weight is 387 g/mol. The highest BCUT2D eigenvalue weighted by atomic mass is 35.5.